The molecule has 0 unspecified atom stereocenters. The molecule has 0 spiro atoms. The summed E-state index contributed by atoms with van der Waals surface area (Å²) in [5, 5.41) is 4.03. The third kappa shape index (κ3) is 4.28. The molecular weight excluding hydrogens is 464 g/mol. The van der Waals surface area contributed by atoms with E-state index in [2.05, 4.69) is 19.1 Å². The van der Waals surface area contributed by atoms with Crippen LogP contribution in [-0.2, 0) is 10.5 Å². The molecule has 2 aromatic heterocycles. The number of fused-ring (bicyclic) bond motifs is 1. The number of para-hydroxylation sites is 1. The van der Waals surface area contributed by atoms with Gasteiger partial charge in [0.1, 0.15) is 0 Å². The summed E-state index contributed by atoms with van der Waals surface area (Å²) in [6.07, 6.45) is 2.02. The van der Waals surface area contributed by atoms with Gasteiger partial charge in [-0.05, 0) is 56.9 Å². The maximum Gasteiger partial charge on any atom is 0.262 e. The van der Waals surface area contributed by atoms with Crippen molar-refractivity contribution in [1.29, 1.82) is 0 Å². The number of rotatable bonds is 6. The van der Waals surface area contributed by atoms with Crippen LogP contribution in [0.1, 0.15) is 48.2 Å². The van der Waals surface area contributed by atoms with Crippen LogP contribution in [0.5, 0.6) is 0 Å². The molecule has 0 aliphatic heterocycles. The molecule has 5 rings (SSSR count). The van der Waals surface area contributed by atoms with Gasteiger partial charge in [0.05, 0.1) is 22.3 Å². The van der Waals surface area contributed by atoms with Gasteiger partial charge in [-0.15, -0.1) is 11.3 Å². The smallest absolute Gasteiger partial charge is 0.262 e. The highest BCUT2D eigenvalue weighted by Gasteiger charge is 2.29. The average molecular weight is 491 g/mol. The average Bonchev–Trinajstić information content (AvgIpc) is 3.51. The van der Waals surface area contributed by atoms with Gasteiger partial charge in [-0.1, -0.05) is 41.6 Å². The summed E-state index contributed by atoms with van der Waals surface area (Å²) in [6, 6.07) is 11.9. The van der Waals surface area contributed by atoms with E-state index < -0.39 is 0 Å². The highest BCUT2D eigenvalue weighted by Crippen LogP contribution is 2.38. The van der Waals surface area contributed by atoms with E-state index >= 15 is 0 Å². The number of anilines is 2. The van der Waals surface area contributed by atoms with Crippen LogP contribution >= 0.6 is 23.1 Å². The second-order valence-electron chi connectivity index (χ2n) is 8.83. The minimum atomic E-state index is -0.0672. The molecule has 4 aromatic rings. The van der Waals surface area contributed by atoms with Crippen LogP contribution in [0.15, 0.2) is 51.7 Å². The summed E-state index contributed by atoms with van der Waals surface area (Å²) in [7, 11) is 0. The van der Waals surface area contributed by atoms with Gasteiger partial charge in [0.2, 0.25) is 5.91 Å². The maximum absolute atomic E-state index is 13.1. The molecule has 0 bridgehead atoms. The monoisotopic (exact) mass is 490 g/mol. The fourth-order valence-electron chi connectivity index (χ4n) is 4.40. The van der Waals surface area contributed by atoms with Crippen LogP contribution in [0, 0.1) is 20.8 Å². The number of amides is 1. The molecule has 1 amide bonds. The van der Waals surface area contributed by atoms with Gasteiger partial charge in [0.15, 0.2) is 10.3 Å². The Bertz CT molecular complexity index is 1450. The molecule has 0 N–H and O–H groups in total. The Labute approximate surface area is 206 Å². The molecule has 2 aromatic carbocycles. The van der Waals surface area contributed by atoms with Crippen molar-refractivity contribution in [2.45, 2.75) is 57.5 Å². The zero-order valence-corrected chi connectivity index (χ0v) is 21.3. The van der Waals surface area contributed by atoms with Crippen LogP contribution < -0.4 is 10.5 Å². The van der Waals surface area contributed by atoms with Crippen LogP contribution in [0.25, 0.3) is 10.9 Å². The van der Waals surface area contributed by atoms with Crippen molar-refractivity contribution in [3.8, 4) is 0 Å². The number of aryl methyl sites for hydroxylation is 3. The Balaban J connectivity index is 1.44. The Hall–Kier alpha value is -2.97. The van der Waals surface area contributed by atoms with E-state index in [-0.39, 0.29) is 17.5 Å². The lowest BCUT2D eigenvalue weighted by Gasteiger charge is -2.23. The standard InChI is InChI=1S/C26H26N4O2S2/c1-15-11-16(2)23(17(3)12-15)29(18(4)31)25-27-19(13-33-25)14-34-26-28-22-8-6-5-7-21(22)24(32)30(26)20-9-10-20/h5-8,11-13,20H,9-10,14H2,1-4H3. The van der Waals surface area contributed by atoms with Crippen molar-refractivity contribution < 1.29 is 4.79 Å². The highest BCUT2D eigenvalue weighted by molar-refractivity contribution is 7.98. The molecule has 6 nitrogen and oxygen atoms in total. The van der Waals surface area contributed by atoms with Crippen molar-refractivity contribution >= 4 is 50.7 Å². The first kappa shape index (κ1) is 22.8. The number of benzene rings is 2. The largest absolute Gasteiger partial charge is 0.284 e. The molecular formula is C26H26N4O2S2. The number of carbonyl (C=O) groups excluding carboxylic acids is 1. The lowest BCUT2D eigenvalue weighted by atomic mass is 10.0. The van der Waals surface area contributed by atoms with Gasteiger partial charge in [0.25, 0.3) is 5.56 Å². The normalized spacial score (nSPS) is 13.4. The second kappa shape index (κ2) is 9.00. The number of thiazole rings is 1. The van der Waals surface area contributed by atoms with Gasteiger partial charge in [-0.25, -0.2) is 9.97 Å². The first-order valence-corrected chi connectivity index (χ1v) is 13.2. The van der Waals surface area contributed by atoms with Gasteiger partial charge in [0, 0.05) is 24.1 Å². The number of thioether (sulfide) groups is 1. The molecule has 1 fully saturated rings. The summed E-state index contributed by atoms with van der Waals surface area (Å²) < 4.78 is 1.85. The van der Waals surface area contributed by atoms with E-state index in [0.29, 0.717) is 16.3 Å². The van der Waals surface area contributed by atoms with Crippen LogP contribution in [0.4, 0.5) is 10.8 Å². The molecule has 1 aliphatic rings. The van der Waals surface area contributed by atoms with Gasteiger partial charge < -0.3 is 0 Å². The van der Waals surface area contributed by atoms with Crippen molar-refractivity contribution in [3.63, 3.8) is 0 Å². The molecule has 34 heavy (non-hydrogen) atoms. The lowest BCUT2D eigenvalue weighted by molar-refractivity contribution is -0.115. The first-order chi connectivity index (χ1) is 16.3. The topological polar surface area (TPSA) is 68.1 Å². The summed E-state index contributed by atoms with van der Waals surface area (Å²) in [5.74, 6) is 0.508. The Morgan fingerprint density at radius 3 is 2.53 bits per heavy atom. The molecule has 0 saturated heterocycles. The third-order valence-electron chi connectivity index (χ3n) is 5.94. The Morgan fingerprint density at radius 1 is 1.15 bits per heavy atom. The molecule has 2 heterocycles. The molecule has 174 valence electrons. The van der Waals surface area contributed by atoms with Crippen molar-refractivity contribution in [2.75, 3.05) is 4.90 Å². The van der Waals surface area contributed by atoms with E-state index in [1.54, 1.807) is 11.8 Å². The van der Waals surface area contributed by atoms with Gasteiger partial charge in [-0.2, -0.15) is 0 Å². The van der Waals surface area contributed by atoms with E-state index in [1.807, 2.05) is 48.1 Å². The lowest BCUT2D eigenvalue weighted by Crippen LogP contribution is -2.24. The molecule has 8 heteroatoms. The first-order valence-electron chi connectivity index (χ1n) is 11.3. The van der Waals surface area contributed by atoms with Crippen LogP contribution in [0.3, 0.4) is 0 Å². The van der Waals surface area contributed by atoms with E-state index in [0.717, 1.165) is 46.0 Å². The molecule has 1 aliphatic carbocycles. The van der Waals surface area contributed by atoms with Crippen molar-refractivity contribution in [1.82, 2.24) is 14.5 Å². The number of nitrogens with zero attached hydrogens (tertiary/aromatic N) is 4. The second-order valence-corrected chi connectivity index (χ2v) is 10.6. The van der Waals surface area contributed by atoms with Crippen LogP contribution in [-0.4, -0.2) is 20.4 Å². The fraction of sp³-hybridized carbons (Fsp3) is 0.308. The summed E-state index contributed by atoms with van der Waals surface area (Å²) in [6.45, 7) is 7.68. The summed E-state index contributed by atoms with van der Waals surface area (Å²) >= 11 is 2.99. The third-order valence-corrected chi connectivity index (χ3v) is 7.80. The van der Waals surface area contributed by atoms with Gasteiger partial charge in [-0.3, -0.25) is 19.1 Å². The highest BCUT2D eigenvalue weighted by atomic mass is 32.2. The van der Waals surface area contributed by atoms with Gasteiger partial charge >= 0.3 is 0 Å². The number of hydrogen-bond acceptors (Lipinski definition) is 6. The molecule has 0 radical (unpaired) electrons. The summed E-state index contributed by atoms with van der Waals surface area (Å²) in [4.78, 5) is 37.1. The van der Waals surface area contributed by atoms with Crippen molar-refractivity contribution in [2.24, 2.45) is 0 Å². The van der Waals surface area contributed by atoms with Crippen LogP contribution in [0.2, 0.25) is 0 Å². The Morgan fingerprint density at radius 2 is 1.85 bits per heavy atom. The molecule has 0 atom stereocenters. The van der Waals surface area contributed by atoms with E-state index in [4.69, 9.17) is 9.97 Å². The Kier molecular flexibility index (Phi) is 6.04. The number of carbonyl (C=O) groups is 1. The van der Waals surface area contributed by atoms with E-state index in [9.17, 15) is 9.59 Å². The number of hydrogen-bond donors (Lipinski definition) is 0. The maximum atomic E-state index is 13.1. The fourth-order valence-corrected chi connectivity index (χ4v) is 6.34. The zero-order valence-electron chi connectivity index (χ0n) is 19.7. The summed E-state index contributed by atoms with van der Waals surface area (Å²) in [5.41, 5.74) is 5.78. The van der Waals surface area contributed by atoms with E-state index in [1.165, 1.54) is 28.7 Å². The number of aromatic nitrogens is 3. The minimum Gasteiger partial charge on any atom is -0.284 e. The van der Waals surface area contributed by atoms with Crippen molar-refractivity contribution in [3.05, 3.63) is 74.5 Å². The molecule has 1 saturated carbocycles. The SMILES string of the molecule is CC(=O)N(c1nc(CSc2nc3ccccc3c(=O)n2C2CC2)cs1)c1c(C)cc(C)cc1C. The zero-order chi connectivity index (χ0) is 24.0. The quantitative estimate of drug-likeness (QED) is 0.242. The minimum absolute atomic E-state index is 0.0302. The predicted octanol–water partition coefficient (Wildman–Crippen LogP) is 6.09. The predicted molar refractivity (Wildman–Crippen MR) is 139 cm³/mol.